The van der Waals surface area contributed by atoms with Crippen LogP contribution < -0.4 is 0 Å². The van der Waals surface area contributed by atoms with Gasteiger partial charge in [-0.05, 0) is 30.7 Å². The van der Waals surface area contributed by atoms with E-state index in [9.17, 15) is 14.0 Å². The largest absolute Gasteiger partial charge is 0.443 e. The molecule has 0 saturated carbocycles. The minimum atomic E-state index is -0.621. The monoisotopic (exact) mass is 455 g/mol. The van der Waals surface area contributed by atoms with Crippen molar-refractivity contribution in [1.29, 1.82) is 0 Å². The van der Waals surface area contributed by atoms with E-state index in [2.05, 4.69) is 4.98 Å². The summed E-state index contributed by atoms with van der Waals surface area (Å²) in [4.78, 5) is 37.3. The van der Waals surface area contributed by atoms with Crippen LogP contribution in [-0.2, 0) is 16.2 Å². The standard InChI is InChI=1S/C23H22FN3O4S/c1-16-14-26(10-11-27(31-16)23(29)30-15-17-5-3-2-4-6-17)22(28)20-13-18(24)7-8-19(20)21-25-9-12-32-21/h2-9,12-13,16H,10-11,14-15H2,1H3/t16-/m0/s1. The summed E-state index contributed by atoms with van der Waals surface area (Å²) < 4.78 is 19.3. The van der Waals surface area contributed by atoms with Crippen LogP contribution in [0, 0.1) is 5.82 Å². The molecule has 2 heterocycles. The lowest BCUT2D eigenvalue weighted by molar-refractivity contribution is -0.159. The molecule has 2 aromatic carbocycles. The van der Waals surface area contributed by atoms with Gasteiger partial charge in [-0.3, -0.25) is 9.63 Å². The Kier molecular flexibility index (Phi) is 6.77. The molecule has 7 nitrogen and oxygen atoms in total. The van der Waals surface area contributed by atoms with Gasteiger partial charge in [0.15, 0.2) is 0 Å². The van der Waals surface area contributed by atoms with Gasteiger partial charge in [-0.2, -0.15) is 5.06 Å². The number of aromatic nitrogens is 1. The number of carbonyl (C=O) groups is 2. The van der Waals surface area contributed by atoms with Crippen molar-refractivity contribution in [3.05, 3.63) is 77.1 Å². The second-order valence-corrected chi connectivity index (χ2v) is 8.23. The average molecular weight is 456 g/mol. The van der Waals surface area contributed by atoms with E-state index in [1.807, 2.05) is 30.3 Å². The molecule has 0 unspecified atom stereocenters. The highest BCUT2D eigenvalue weighted by Crippen LogP contribution is 2.28. The maximum Gasteiger partial charge on any atom is 0.434 e. The van der Waals surface area contributed by atoms with Crippen molar-refractivity contribution in [1.82, 2.24) is 14.9 Å². The van der Waals surface area contributed by atoms with Gasteiger partial charge in [0, 0.05) is 30.2 Å². The van der Waals surface area contributed by atoms with Crippen LogP contribution in [-0.4, -0.2) is 52.7 Å². The maximum absolute atomic E-state index is 14.0. The van der Waals surface area contributed by atoms with Gasteiger partial charge in [-0.1, -0.05) is 30.3 Å². The molecule has 1 atom stereocenters. The van der Waals surface area contributed by atoms with Crippen molar-refractivity contribution in [2.75, 3.05) is 19.6 Å². The lowest BCUT2D eigenvalue weighted by Crippen LogP contribution is -2.37. The molecule has 3 aromatic rings. The summed E-state index contributed by atoms with van der Waals surface area (Å²) in [6.45, 7) is 2.48. The Hall–Kier alpha value is -3.30. The predicted octanol–water partition coefficient (Wildman–Crippen LogP) is 4.36. The van der Waals surface area contributed by atoms with Crippen LogP contribution in [0.15, 0.2) is 60.1 Å². The molecule has 0 N–H and O–H groups in total. The Morgan fingerprint density at radius 3 is 2.78 bits per heavy atom. The van der Waals surface area contributed by atoms with Crippen molar-refractivity contribution in [3.8, 4) is 10.6 Å². The molecule has 32 heavy (non-hydrogen) atoms. The molecule has 0 radical (unpaired) electrons. The highest BCUT2D eigenvalue weighted by molar-refractivity contribution is 7.13. The maximum atomic E-state index is 14.0. The third kappa shape index (κ3) is 5.12. The van der Waals surface area contributed by atoms with Gasteiger partial charge in [0.05, 0.1) is 12.1 Å². The Labute approximate surface area is 189 Å². The lowest BCUT2D eigenvalue weighted by atomic mass is 10.1. The minimum Gasteiger partial charge on any atom is -0.443 e. The molecule has 1 saturated heterocycles. The van der Waals surface area contributed by atoms with E-state index in [1.54, 1.807) is 29.5 Å². The van der Waals surface area contributed by atoms with E-state index in [0.717, 1.165) is 10.6 Å². The van der Waals surface area contributed by atoms with E-state index >= 15 is 0 Å². The topological polar surface area (TPSA) is 72.0 Å². The number of thiazole rings is 1. The summed E-state index contributed by atoms with van der Waals surface area (Å²) >= 11 is 1.37. The van der Waals surface area contributed by atoms with Crippen LogP contribution in [0.5, 0.6) is 0 Å². The minimum absolute atomic E-state index is 0.122. The molecule has 1 aliphatic rings. The normalized spacial score (nSPS) is 16.5. The fraction of sp³-hybridized carbons (Fsp3) is 0.261. The Morgan fingerprint density at radius 1 is 1.22 bits per heavy atom. The molecule has 2 amide bonds. The van der Waals surface area contributed by atoms with Gasteiger partial charge < -0.3 is 9.64 Å². The highest BCUT2D eigenvalue weighted by Gasteiger charge is 2.29. The second-order valence-electron chi connectivity index (χ2n) is 7.34. The number of nitrogens with zero attached hydrogens (tertiary/aromatic N) is 3. The van der Waals surface area contributed by atoms with E-state index in [-0.39, 0.29) is 37.7 Å². The molecular weight excluding hydrogens is 433 g/mol. The molecule has 166 valence electrons. The fourth-order valence-corrected chi connectivity index (χ4v) is 4.11. The summed E-state index contributed by atoms with van der Waals surface area (Å²) in [7, 11) is 0. The number of rotatable bonds is 4. The van der Waals surface area contributed by atoms with Gasteiger partial charge in [0.25, 0.3) is 5.91 Å². The third-order valence-electron chi connectivity index (χ3n) is 4.93. The zero-order valence-corrected chi connectivity index (χ0v) is 18.3. The Balaban J connectivity index is 1.46. The third-order valence-corrected chi connectivity index (χ3v) is 5.73. The zero-order chi connectivity index (χ0) is 22.5. The molecule has 0 aliphatic carbocycles. The molecule has 0 spiro atoms. The fourth-order valence-electron chi connectivity index (χ4n) is 3.43. The number of amides is 2. The first-order valence-corrected chi connectivity index (χ1v) is 11.0. The molecular formula is C23H22FN3O4S. The van der Waals surface area contributed by atoms with Crippen molar-refractivity contribution in [3.63, 3.8) is 0 Å². The average Bonchev–Trinajstić information content (AvgIpc) is 3.26. The first kappa shape index (κ1) is 21.9. The van der Waals surface area contributed by atoms with Crippen LogP contribution in [0.2, 0.25) is 0 Å². The number of hydroxylamine groups is 2. The number of halogens is 1. The SMILES string of the molecule is C[C@H]1CN(C(=O)c2cc(F)ccc2-c2nccs2)CCN(C(=O)OCc2ccccc2)O1. The number of ether oxygens (including phenoxy) is 1. The van der Waals surface area contributed by atoms with Gasteiger partial charge in [-0.15, -0.1) is 11.3 Å². The first-order chi connectivity index (χ1) is 15.5. The molecule has 1 aliphatic heterocycles. The Morgan fingerprint density at radius 2 is 2.03 bits per heavy atom. The second kappa shape index (κ2) is 9.88. The van der Waals surface area contributed by atoms with Crippen molar-refractivity contribution in [2.45, 2.75) is 19.6 Å². The number of hydrogen-bond donors (Lipinski definition) is 0. The van der Waals surface area contributed by atoms with Crippen molar-refractivity contribution < 1.29 is 23.6 Å². The van der Waals surface area contributed by atoms with Gasteiger partial charge in [0.1, 0.15) is 23.5 Å². The smallest absolute Gasteiger partial charge is 0.434 e. The van der Waals surface area contributed by atoms with Gasteiger partial charge in [0.2, 0.25) is 0 Å². The summed E-state index contributed by atoms with van der Waals surface area (Å²) in [5.74, 6) is -0.844. The summed E-state index contributed by atoms with van der Waals surface area (Å²) in [5, 5.41) is 3.57. The summed E-state index contributed by atoms with van der Waals surface area (Å²) in [6, 6.07) is 13.4. The van der Waals surface area contributed by atoms with Gasteiger partial charge >= 0.3 is 6.09 Å². The molecule has 0 bridgehead atoms. The molecule has 4 rings (SSSR count). The van der Waals surface area contributed by atoms with Crippen LogP contribution in [0.4, 0.5) is 9.18 Å². The molecule has 9 heteroatoms. The quantitative estimate of drug-likeness (QED) is 0.584. The van der Waals surface area contributed by atoms with Crippen LogP contribution >= 0.6 is 11.3 Å². The van der Waals surface area contributed by atoms with Crippen molar-refractivity contribution in [2.24, 2.45) is 0 Å². The predicted molar refractivity (Wildman–Crippen MR) is 117 cm³/mol. The summed E-state index contributed by atoms with van der Waals surface area (Å²) in [6.07, 6.45) is 0.560. The van der Waals surface area contributed by atoms with Crippen molar-refractivity contribution >= 4 is 23.3 Å². The van der Waals surface area contributed by atoms with Gasteiger partial charge in [-0.25, -0.2) is 14.2 Å². The van der Waals surface area contributed by atoms with E-state index in [4.69, 9.17) is 9.57 Å². The molecule has 1 aromatic heterocycles. The van der Waals surface area contributed by atoms with Crippen LogP contribution in [0.1, 0.15) is 22.8 Å². The zero-order valence-electron chi connectivity index (χ0n) is 17.4. The van der Waals surface area contributed by atoms with E-state index in [1.165, 1.54) is 23.5 Å². The van der Waals surface area contributed by atoms with Crippen LogP contribution in [0.25, 0.3) is 10.6 Å². The van der Waals surface area contributed by atoms with Crippen LogP contribution in [0.3, 0.4) is 0 Å². The Bertz CT molecular complexity index is 1080. The van der Waals surface area contributed by atoms with E-state index < -0.39 is 18.0 Å². The number of benzene rings is 2. The summed E-state index contributed by atoms with van der Waals surface area (Å²) in [5.41, 5.74) is 1.66. The lowest BCUT2D eigenvalue weighted by Gasteiger charge is -2.22. The van der Waals surface area contributed by atoms with E-state index in [0.29, 0.717) is 10.6 Å². The number of hydrogen-bond acceptors (Lipinski definition) is 6. The first-order valence-electron chi connectivity index (χ1n) is 10.1. The highest BCUT2D eigenvalue weighted by atomic mass is 32.1. The molecule has 1 fully saturated rings. The number of carbonyl (C=O) groups excluding carboxylic acids is 2.